The molecular formula is C26H26N4O4S. The molecule has 0 unspecified atom stereocenters. The van der Waals surface area contributed by atoms with Crippen molar-refractivity contribution in [2.75, 3.05) is 17.6 Å². The third kappa shape index (κ3) is 5.81. The first-order valence-corrected chi connectivity index (χ1v) is 12.1. The summed E-state index contributed by atoms with van der Waals surface area (Å²) in [5.74, 6) is -0.0426. The minimum Gasteiger partial charge on any atom is -0.467 e. The van der Waals surface area contributed by atoms with E-state index in [9.17, 15) is 14.4 Å². The molecule has 0 atom stereocenters. The monoisotopic (exact) mass is 490 g/mol. The van der Waals surface area contributed by atoms with Crippen LogP contribution >= 0.6 is 11.8 Å². The smallest absolute Gasteiger partial charge is 0.262 e. The normalized spacial score (nSPS) is 10.9. The van der Waals surface area contributed by atoms with Gasteiger partial charge in [0.05, 0.1) is 36.0 Å². The lowest BCUT2D eigenvalue weighted by atomic mass is 10.1. The minimum absolute atomic E-state index is 0.00119. The van der Waals surface area contributed by atoms with E-state index in [0.717, 1.165) is 34.1 Å². The Kier molecular flexibility index (Phi) is 7.36. The summed E-state index contributed by atoms with van der Waals surface area (Å²) in [6, 6.07) is 14.6. The Hall–Kier alpha value is -3.85. The molecule has 180 valence electrons. The topological polar surface area (TPSA) is 106 Å². The number of hydrogen-bond acceptors (Lipinski definition) is 6. The molecule has 2 amide bonds. The fraction of sp³-hybridized carbons (Fsp3) is 0.231. The molecule has 35 heavy (non-hydrogen) atoms. The van der Waals surface area contributed by atoms with E-state index in [1.807, 2.05) is 39.0 Å². The van der Waals surface area contributed by atoms with Crippen LogP contribution in [0.5, 0.6) is 0 Å². The summed E-state index contributed by atoms with van der Waals surface area (Å²) in [6.07, 6.45) is 1.54. The number of benzene rings is 2. The molecule has 0 spiro atoms. The highest BCUT2D eigenvalue weighted by atomic mass is 32.2. The van der Waals surface area contributed by atoms with Gasteiger partial charge in [-0.3, -0.25) is 19.0 Å². The van der Waals surface area contributed by atoms with Gasteiger partial charge in [-0.25, -0.2) is 4.98 Å². The van der Waals surface area contributed by atoms with Crippen LogP contribution in [0.1, 0.15) is 22.5 Å². The van der Waals surface area contributed by atoms with Crippen molar-refractivity contribution in [2.24, 2.45) is 0 Å². The number of thioether (sulfide) groups is 1. The van der Waals surface area contributed by atoms with E-state index in [2.05, 4.69) is 15.6 Å². The maximum atomic E-state index is 13.1. The standard InChI is InChI=1S/C26H26N4O4S/c1-16-11-17(2)24(18(3)12-16)29-22(31)13-27-23(32)15-35-26-28-21-9-5-4-8-20(21)25(33)30(26)14-19-7-6-10-34-19/h4-12H,13-15H2,1-3H3,(H,27,32)(H,29,31). The third-order valence-corrected chi connectivity index (χ3v) is 6.42. The number of carbonyl (C=O) groups excluding carboxylic acids is 2. The molecule has 0 aliphatic rings. The Labute approximate surface area is 206 Å². The summed E-state index contributed by atoms with van der Waals surface area (Å²) in [5.41, 5.74) is 4.16. The van der Waals surface area contributed by atoms with Crippen molar-refractivity contribution in [1.82, 2.24) is 14.9 Å². The zero-order valence-electron chi connectivity index (χ0n) is 19.8. The second-order valence-electron chi connectivity index (χ2n) is 8.27. The van der Waals surface area contributed by atoms with Crippen LogP contribution in [0, 0.1) is 20.8 Å². The quantitative estimate of drug-likeness (QED) is 0.287. The number of fused-ring (bicyclic) bond motifs is 1. The molecule has 0 aliphatic heterocycles. The molecule has 4 rings (SSSR count). The first-order valence-electron chi connectivity index (χ1n) is 11.1. The van der Waals surface area contributed by atoms with Crippen molar-refractivity contribution >= 4 is 40.2 Å². The number of rotatable bonds is 8. The fourth-order valence-corrected chi connectivity index (χ4v) is 4.70. The van der Waals surface area contributed by atoms with Gasteiger partial charge in [0.2, 0.25) is 11.8 Å². The number of hydrogen-bond donors (Lipinski definition) is 2. The van der Waals surface area contributed by atoms with Crippen LogP contribution in [0.3, 0.4) is 0 Å². The lowest BCUT2D eigenvalue weighted by Crippen LogP contribution is -2.34. The van der Waals surface area contributed by atoms with Crippen molar-refractivity contribution < 1.29 is 14.0 Å². The lowest BCUT2D eigenvalue weighted by Gasteiger charge is -2.14. The predicted octanol–water partition coefficient (Wildman–Crippen LogP) is 3.81. The molecule has 9 heteroatoms. The molecule has 8 nitrogen and oxygen atoms in total. The largest absolute Gasteiger partial charge is 0.467 e. The molecular weight excluding hydrogens is 464 g/mol. The van der Waals surface area contributed by atoms with Crippen molar-refractivity contribution in [3.63, 3.8) is 0 Å². The van der Waals surface area contributed by atoms with E-state index in [1.165, 1.54) is 4.57 Å². The maximum absolute atomic E-state index is 13.1. The van der Waals surface area contributed by atoms with Gasteiger partial charge in [-0.05, 0) is 56.2 Å². The van der Waals surface area contributed by atoms with Crippen molar-refractivity contribution in [3.8, 4) is 0 Å². The van der Waals surface area contributed by atoms with Gasteiger partial charge in [0.25, 0.3) is 5.56 Å². The van der Waals surface area contributed by atoms with Crippen LogP contribution in [0.25, 0.3) is 10.9 Å². The number of anilines is 1. The molecule has 0 bridgehead atoms. The van der Waals surface area contributed by atoms with Crippen LogP contribution in [0.2, 0.25) is 0 Å². The minimum atomic E-state index is -0.338. The second-order valence-corrected chi connectivity index (χ2v) is 9.21. The molecule has 2 heterocycles. The Balaban J connectivity index is 1.42. The van der Waals surface area contributed by atoms with Gasteiger partial charge in [0.15, 0.2) is 5.16 Å². The summed E-state index contributed by atoms with van der Waals surface area (Å²) < 4.78 is 6.90. The number of carbonyl (C=O) groups is 2. The Morgan fingerprint density at radius 1 is 1.03 bits per heavy atom. The van der Waals surface area contributed by atoms with E-state index in [-0.39, 0.29) is 36.2 Å². The van der Waals surface area contributed by atoms with Gasteiger partial charge in [-0.1, -0.05) is 41.6 Å². The summed E-state index contributed by atoms with van der Waals surface area (Å²) >= 11 is 1.13. The van der Waals surface area contributed by atoms with Gasteiger partial charge < -0.3 is 15.1 Å². The number of aromatic nitrogens is 2. The van der Waals surface area contributed by atoms with Gasteiger partial charge in [-0.15, -0.1) is 0 Å². The van der Waals surface area contributed by atoms with Gasteiger partial charge >= 0.3 is 0 Å². The van der Waals surface area contributed by atoms with E-state index >= 15 is 0 Å². The Morgan fingerprint density at radius 3 is 2.49 bits per heavy atom. The molecule has 2 N–H and O–H groups in total. The molecule has 4 aromatic rings. The zero-order chi connectivity index (χ0) is 24.9. The first kappa shape index (κ1) is 24.3. The number of para-hydroxylation sites is 1. The van der Waals surface area contributed by atoms with Gasteiger partial charge in [0, 0.05) is 5.69 Å². The third-order valence-electron chi connectivity index (χ3n) is 5.44. The molecule has 0 saturated carbocycles. The van der Waals surface area contributed by atoms with Crippen LogP contribution in [0.4, 0.5) is 5.69 Å². The Morgan fingerprint density at radius 2 is 1.77 bits per heavy atom. The van der Waals surface area contributed by atoms with Crippen LogP contribution < -0.4 is 16.2 Å². The van der Waals surface area contributed by atoms with Crippen molar-refractivity contribution in [3.05, 3.63) is 87.6 Å². The molecule has 0 radical (unpaired) electrons. The van der Waals surface area contributed by atoms with E-state index < -0.39 is 0 Å². The fourth-order valence-electron chi connectivity index (χ4n) is 3.88. The van der Waals surface area contributed by atoms with Crippen LogP contribution in [-0.4, -0.2) is 33.7 Å². The van der Waals surface area contributed by atoms with Gasteiger partial charge in [-0.2, -0.15) is 0 Å². The zero-order valence-corrected chi connectivity index (χ0v) is 20.6. The molecule has 0 saturated heterocycles. The molecule has 2 aromatic heterocycles. The highest BCUT2D eigenvalue weighted by Crippen LogP contribution is 2.22. The van der Waals surface area contributed by atoms with E-state index in [4.69, 9.17) is 4.42 Å². The maximum Gasteiger partial charge on any atom is 0.262 e. The number of aryl methyl sites for hydroxylation is 3. The second kappa shape index (κ2) is 10.6. The van der Waals surface area contributed by atoms with E-state index in [0.29, 0.717) is 21.8 Å². The molecule has 0 aliphatic carbocycles. The first-order chi connectivity index (χ1) is 16.8. The number of furan rings is 1. The van der Waals surface area contributed by atoms with Crippen LogP contribution in [0.15, 0.2) is 69.2 Å². The lowest BCUT2D eigenvalue weighted by molar-refractivity contribution is -0.122. The summed E-state index contributed by atoms with van der Waals surface area (Å²) in [5, 5.41) is 6.39. The van der Waals surface area contributed by atoms with Crippen LogP contribution in [-0.2, 0) is 16.1 Å². The van der Waals surface area contributed by atoms with Gasteiger partial charge in [0.1, 0.15) is 5.76 Å². The Bertz CT molecular complexity index is 1420. The van der Waals surface area contributed by atoms with E-state index in [1.54, 1.807) is 36.6 Å². The average molecular weight is 491 g/mol. The SMILES string of the molecule is Cc1cc(C)c(NC(=O)CNC(=O)CSc2nc3ccccc3c(=O)n2Cc2ccco2)c(C)c1. The number of nitrogens with zero attached hydrogens (tertiary/aromatic N) is 2. The highest BCUT2D eigenvalue weighted by molar-refractivity contribution is 7.99. The summed E-state index contributed by atoms with van der Waals surface area (Å²) in [6.45, 7) is 5.91. The molecule has 2 aromatic carbocycles. The summed E-state index contributed by atoms with van der Waals surface area (Å²) in [7, 11) is 0. The van der Waals surface area contributed by atoms with Crippen molar-refractivity contribution in [2.45, 2.75) is 32.5 Å². The highest BCUT2D eigenvalue weighted by Gasteiger charge is 2.15. The number of amides is 2. The predicted molar refractivity (Wildman–Crippen MR) is 137 cm³/mol. The number of nitrogens with one attached hydrogen (secondary N) is 2. The van der Waals surface area contributed by atoms with Crippen molar-refractivity contribution in [1.29, 1.82) is 0 Å². The summed E-state index contributed by atoms with van der Waals surface area (Å²) in [4.78, 5) is 42.6. The average Bonchev–Trinajstić information content (AvgIpc) is 3.34. The molecule has 0 fully saturated rings.